The molecule has 1 unspecified atom stereocenters. The predicted octanol–water partition coefficient (Wildman–Crippen LogP) is -0.720. The Kier molecular flexibility index (Phi) is 4.09. The van der Waals surface area contributed by atoms with Gasteiger partial charge < -0.3 is 5.73 Å². The van der Waals surface area contributed by atoms with Gasteiger partial charge in [0.25, 0.3) is 0 Å². The summed E-state index contributed by atoms with van der Waals surface area (Å²) in [5, 5.41) is 8.07. The van der Waals surface area contributed by atoms with Crippen molar-refractivity contribution in [3.8, 4) is 0 Å². The van der Waals surface area contributed by atoms with Crippen molar-refractivity contribution in [3.63, 3.8) is 0 Å². The minimum atomic E-state index is 0.494. The molecule has 2 N–H and O–H groups in total. The van der Waals surface area contributed by atoms with Crippen LogP contribution in [0.3, 0.4) is 0 Å². The Morgan fingerprint density at radius 1 is 1.35 bits per heavy atom. The number of nitrogens with zero attached hydrogens (tertiary/aromatic N) is 5. The van der Waals surface area contributed by atoms with E-state index in [1.54, 1.807) is 4.68 Å². The third kappa shape index (κ3) is 3.24. The van der Waals surface area contributed by atoms with Gasteiger partial charge in [0, 0.05) is 58.6 Å². The maximum absolute atomic E-state index is 5.69. The van der Waals surface area contributed by atoms with Crippen LogP contribution in [0.5, 0.6) is 0 Å². The fraction of sp³-hybridized carbons (Fsp3) is 0.818. The van der Waals surface area contributed by atoms with Gasteiger partial charge in [0.1, 0.15) is 0 Å². The Labute approximate surface area is 102 Å². The number of hydrogen-bond acceptors (Lipinski definition) is 5. The molecule has 2 heterocycles. The molecule has 0 bridgehead atoms. The first-order chi connectivity index (χ1) is 8.19. The molecule has 1 aromatic rings. The molecular formula is C11H22N6. The van der Waals surface area contributed by atoms with Crippen molar-refractivity contribution in [2.45, 2.75) is 19.5 Å². The second-order valence-corrected chi connectivity index (χ2v) is 4.78. The van der Waals surface area contributed by atoms with Crippen molar-refractivity contribution in [1.29, 1.82) is 0 Å². The van der Waals surface area contributed by atoms with Crippen LogP contribution in [0.15, 0.2) is 6.20 Å². The highest BCUT2D eigenvalue weighted by Crippen LogP contribution is 2.08. The molecule has 1 aliphatic heterocycles. The predicted molar refractivity (Wildman–Crippen MR) is 66.4 cm³/mol. The lowest BCUT2D eigenvalue weighted by atomic mass is 10.2. The van der Waals surface area contributed by atoms with Crippen molar-refractivity contribution < 1.29 is 0 Å². The smallest absolute Gasteiger partial charge is 0.0967 e. The lowest BCUT2D eigenvalue weighted by Gasteiger charge is -2.37. The maximum atomic E-state index is 5.69. The fourth-order valence-electron chi connectivity index (χ4n) is 2.21. The van der Waals surface area contributed by atoms with Gasteiger partial charge in [-0.3, -0.25) is 14.5 Å². The second kappa shape index (κ2) is 5.57. The second-order valence-electron chi connectivity index (χ2n) is 4.78. The van der Waals surface area contributed by atoms with E-state index in [9.17, 15) is 0 Å². The van der Waals surface area contributed by atoms with Crippen LogP contribution < -0.4 is 5.73 Å². The number of aromatic nitrogens is 3. The molecule has 6 heteroatoms. The van der Waals surface area contributed by atoms with E-state index in [2.05, 4.69) is 27.0 Å². The van der Waals surface area contributed by atoms with Gasteiger partial charge in [0.05, 0.1) is 5.69 Å². The summed E-state index contributed by atoms with van der Waals surface area (Å²) in [6, 6.07) is 0.494. The molecule has 1 fully saturated rings. The van der Waals surface area contributed by atoms with Crippen molar-refractivity contribution >= 4 is 0 Å². The van der Waals surface area contributed by atoms with Gasteiger partial charge in [-0.15, -0.1) is 5.10 Å². The Hall–Kier alpha value is -0.980. The first kappa shape index (κ1) is 12.5. The first-order valence-electron chi connectivity index (χ1n) is 6.20. The number of aryl methyl sites for hydroxylation is 1. The average Bonchev–Trinajstić information content (AvgIpc) is 2.75. The van der Waals surface area contributed by atoms with Crippen LogP contribution in [0.4, 0.5) is 0 Å². The van der Waals surface area contributed by atoms with E-state index in [4.69, 9.17) is 5.73 Å². The molecule has 1 atom stereocenters. The van der Waals surface area contributed by atoms with E-state index >= 15 is 0 Å². The van der Waals surface area contributed by atoms with Crippen LogP contribution in [0.1, 0.15) is 12.6 Å². The standard InChI is InChI=1S/C11H22N6/c1-10(7-12)17-5-3-16(4-6-17)9-11-8-15(2)14-13-11/h8,10H,3-7,9,12H2,1-2H3. The first-order valence-corrected chi connectivity index (χ1v) is 6.20. The molecule has 0 aromatic carbocycles. The highest BCUT2D eigenvalue weighted by Gasteiger charge is 2.20. The monoisotopic (exact) mass is 238 g/mol. The van der Waals surface area contributed by atoms with E-state index in [-0.39, 0.29) is 0 Å². The van der Waals surface area contributed by atoms with Crippen LogP contribution in [-0.4, -0.2) is 63.6 Å². The lowest BCUT2D eigenvalue weighted by molar-refractivity contribution is 0.0997. The molecule has 0 spiro atoms. The highest BCUT2D eigenvalue weighted by atomic mass is 15.4. The molecule has 0 amide bonds. The van der Waals surface area contributed by atoms with Gasteiger partial charge in [-0.25, -0.2) is 0 Å². The van der Waals surface area contributed by atoms with Crippen molar-refractivity contribution in [2.75, 3.05) is 32.7 Å². The topological polar surface area (TPSA) is 63.2 Å². The summed E-state index contributed by atoms with van der Waals surface area (Å²) in [6.45, 7) is 8.19. The summed E-state index contributed by atoms with van der Waals surface area (Å²) < 4.78 is 1.75. The largest absolute Gasteiger partial charge is 0.329 e. The number of rotatable bonds is 4. The zero-order valence-corrected chi connectivity index (χ0v) is 10.7. The summed E-state index contributed by atoms with van der Waals surface area (Å²) in [4.78, 5) is 4.87. The Balaban J connectivity index is 1.79. The van der Waals surface area contributed by atoms with E-state index in [1.807, 2.05) is 13.2 Å². The minimum Gasteiger partial charge on any atom is -0.329 e. The van der Waals surface area contributed by atoms with E-state index < -0.39 is 0 Å². The molecule has 96 valence electrons. The molecule has 1 aliphatic rings. The number of hydrogen-bond donors (Lipinski definition) is 1. The zero-order valence-electron chi connectivity index (χ0n) is 10.7. The van der Waals surface area contributed by atoms with Gasteiger partial charge in [-0.05, 0) is 6.92 Å². The number of piperazine rings is 1. The van der Waals surface area contributed by atoms with E-state index in [1.165, 1.54) is 0 Å². The average molecular weight is 238 g/mol. The molecule has 0 radical (unpaired) electrons. The molecule has 2 rings (SSSR count). The summed E-state index contributed by atoms with van der Waals surface area (Å²) in [7, 11) is 1.90. The third-order valence-corrected chi connectivity index (χ3v) is 3.41. The molecule has 1 saturated heterocycles. The normalized spacial score (nSPS) is 20.6. The highest BCUT2D eigenvalue weighted by molar-refractivity contribution is 4.92. The van der Waals surface area contributed by atoms with E-state index in [0.29, 0.717) is 6.04 Å². The van der Waals surface area contributed by atoms with Crippen LogP contribution in [0.25, 0.3) is 0 Å². The molecule has 0 saturated carbocycles. The van der Waals surface area contributed by atoms with Gasteiger partial charge in [0.2, 0.25) is 0 Å². The summed E-state index contributed by atoms with van der Waals surface area (Å²) in [5.74, 6) is 0. The fourth-order valence-corrected chi connectivity index (χ4v) is 2.21. The van der Waals surface area contributed by atoms with Crippen LogP contribution in [0.2, 0.25) is 0 Å². The minimum absolute atomic E-state index is 0.494. The summed E-state index contributed by atoms with van der Waals surface area (Å²) in [5.41, 5.74) is 6.74. The van der Waals surface area contributed by atoms with Crippen molar-refractivity contribution in [1.82, 2.24) is 24.8 Å². The van der Waals surface area contributed by atoms with Gasteiger partial charge >= 0.3 is 0 Å². The molecule has 1 aromatic heterocycles. The summed E-state index contributed by atoms with van der Waals surface area (Å²) in [6.07, 6.45) is 1.98. The van der Waals surface area contributed by atoms with Crippen LogP contribution in [0, 0.1) is 0 Å². The zero-order chi connectivity index (χ0) is 12.3. The maximum Gasteiger partial charge on any atom is 0.0967 e. The van der Waals surface area contributed by atoms with Crippen LogP contribution in [-0.2, 0) is 13.6 Å². The van der Waals surface area contributed by atoms with Gasteiger partial charge in [-0.1, -0.05) is 5.21 Å². The lowest BCUT2D eigenvalue weighted by Crippen LogP contribution is -2.51. The summed E-state index contributed by atoms with van der Waals surface area (Å²) >= 11 is 0. The molecule has 0 aliphatic carbocycles. The molecule has 17 heavy (non-hydrogen) atoms. The number of nitrogens with two attached hydrogens (primary N) is 1. The van der Waals surface area contributed by atoms with Gasteiger partial charge in [-0.2, -0.15) is 0 Å². The van der Waals surface area contributed by atoms with Crippen LogP contribution >= 0.6 is 0 Å². The Bertz CT molecular complexity index is 341. The van der Waals surface area contributed by atoms with Crippen molar-refractivity contribution in [2.24, 2.45) is 12.8 Å². The molecule has 6 nitrogen and oxygen atoms in total. The Morgan fingerprint density at radius 2 is 2.06 bits per heavy atom. The van der Waals surface area contributed by atoms with E-state index in [0.717, 1.165) is 45.0 Å². The van der Waals surface area contributed by atoms with Gasteiger partial charge in [0.15, 0.2) is 0 Å². The third-order valence-electron chi connectivity index (χ3n) is 3.41. The quantitative estimate of drug-likeness (QED) is 0.750. The Morgan fingerprint density at radius 3 is 2.59 bits per heavy atom. The van der Waals surface area contributed by atoms with Crippen molar-refractivity contribution in [3.05, 3.63) is 11.9 Å². The molecular weight excluding hydrogens is 216 g/mol. The SMILES string of the molecule is CC(CN)N1CCN(Cc2cn(C)nn2)CC1.